The Hall–Kier alpha value is -2.11. The summed E-state index contributed by atoms with van der Waals surface area (Å²) in [7, 11) is 4.74. The van der Waals surface area contributed by atoms with Crippen LogP contribution in [0.25, 0.3) is 0 Å². The van der Waals surface area contributed by atoms with Crippen LogP contribution in [0.1, 0.15) is 10.4 Å². The second kappa shape index (κ2) is 5.48. The molecular formula is C12H15FN2O3. The van der Waals surface area contributed by atoms with Gasteiger partial charge in [0, 0.05) is 21.1 Å². The van der Waals surface area contributed by atoms with Crippen LogP contribution in [0.3, 0.4) is 0 Å². The number of halogens is 1. The summed E-state index contributed by atoms with van der Waals surface area (Å²) >= 11 is 0. The first-order chi connectivity index (χ1) is 8.34. The van der Waals surface area contributed by atoms with E-state index in [0.29, 0.717) is 0 Å². The van der Waals surface area contributed by atoms with Gasteiger partial charge >= 0.3 is 5.97 Å². The molecule has 1 N–H and O–H groups in total. The van der Waals surface area contributed by atoms with Crippen molar-refractivity contribution in [3.63, 3.8) is 0 Å². The Balaban J connectivity index is 3.06. The van der Waals surface area contributed by atoms with Crippen LogP contribution in [0.5, 0.6) is 0 Å². The summed E-state index contributed by atoms with van der Waals surface area (Å²) in [6.45, 7) is -0.0171. The number of aromatic carboxylic acids is 1. The molecule has 0 bridgehead atoms. The molecule has 18 heavy (non-hydrogen) atoms. The first-order valence-corrected chi connectivity index (χ1v) is 5.27. The van der Waals surface area contributed by atoms with Crippen LogP contribution in [0.2, 0.25) is 0 Å². The third-order valence-corrected chi connectivity index (χ3v) is 2.49. The minimum Gasteiger partial charge on any atom is -0.478 e. The van der Waals surface area contributed by atoms with E-state index in [9.17, 15) is 14.0 Å². The number of hydrogen-bond acceptors (Lipinski definition) is 3. The molecule has 0 atom stereocenters. The summed E-state index contributed by atoms with van der Waals surface area (Å²) in [6, 6.07) is 3.96. The lowest BCUT2D eigenvalue weighted by atomic mass is 10.1. The van der Waals surface area contributed by atoms with E-state index in [1.165, 1.54) is 21.9 Å². The van der Waals surface area contributed by atoms with Crippen molar-refractivity contribution < 1.29 is 19.1 Å². The molecule has 0 heterocycles. The maximum atomic E-state index is 13.5. The molecule has 0 aliphatic rings. The van der Waals surface area contributed by atoms with Crippen LogP contribution in [-0.4, -0.2) is 49.6 Å². The topological polar surface area (TPSA) is 60.9 Å². The Bertz CT molecular complexity index is 474. The zero-order chi connectivity index (χ0) is 13.9. The molecule has 1 amide bonds. The third-order valence-electron chi connectivity index (χ3n) is 2.49. The molecule has 0 aromatic heterocycles. The van der Waals surface area contributed by atoms with Crippen molar-refractivity contribution in [2.75, 3.05) is 32.6 Å². The van der Waals surface area contributed by atoms with Crippen LogP contribution in [0, 0.1) is 5.82 Å². The third kappa shape index (κ3) is 2.97. The number of benzene rings is 1. The van der Waals surface area contributed by atoms with Crippen molar-refractivity contribution >= 4 is 17.6 Å². The molecule has 0 fully saturated rings. The van der Waals surface area contributed by atoms with Crippen molar-refractivity contribution in [3.8, 4) is 0 Å². The van der Waals surface area contributed by atoms with Crippen molar-refractivity contribution in [2.24, 2.45) is 0 Å². The number of likely N-dealkylation sites (N-methyl/N-ethyl adjacent to an activating group) is 2. The molecule has 1 rings (SSSR count). The van der Waals surface area contributed by atoms with Crippen molar-refractivity contribution in [2.45, 2.75) is 0 Å². The molecule has 6 heteroatoms. The first-order valence-electron chi connectivity index (χ1n) is 5.27. The predicted octanol–water partition coefficient (Wildman–Crippen LogP) is 1.05. The van der Waals surface area contributed by atoms with Crippen LogP contribution < -0.4 is 4.90 Å². The number of carbonyl (C=O) groups excluding carboxylic acids is 1. The van der Waals surface area contributed by atoms with Gasteiger partial charge in [-0.2, -0.15) is 0 Å². The number of carboxylic acid groups (broad SMARTS) is 1. The predicted molar refractivity (Wildman–Crippen MR) is 65.3 cm³/mol. The Morgan fingerprint density at radius 1 is 1.28 bits per heavy atom. The molecule has 1 aromatic carbocycles. The lowest BCUT2D eigenvalue weighted by Gasteiger charge is -2.22. The Labute approximate surface area is 104 Å². The Morgan fingerprint density at radius 3 is 2.39 bits per heavy atom. The second-order valence-electron chi connectivity index (χ2n) is 4.08. The van der Waals surface area contributed by atoms with Gasteiger partial charge in [0.1, 0.15) is 11.4 Å². The highest BCUT2D eigenvalue weighted by molar-refractivity contribution is 5.95. The second-order valence-corrected chi connectivity index (χ2v) is 4.08. The quantitative estimate of drug-likeness (QED) is 0.872. The summed E-state index contributed by atoms with van der Waals surface area (Å²) in [6.07, 6.45) is 0. The van der Waals surface area contributed by atoms with Crippen LogP contribution in [-0.2, 0) is 4.79 Å². The van der Waals surface area contributed by atoms with Crippen LogP contribution in [0.4, 0.5) is 10.1 Å². The number of anilines is 1. The normalized spacial score (nSPS) is 10.0. The number of carboxylic acids is 1. The number of rotatable bonds is 4. The molecular weight excluding hydrogens is 239 g/mol. The SMILES string of the molecule is CN(C)C(=O)CN(C)c1cccc(F)c1C(=O)O. The Kier molecular flexibility index (Phi) is 4.25. The van der Waals surface area contributed by atoms with Gasteiger partial charge in [0.2, 0.25) is 5.91 Å². The van der Waals surface area contributed by atoms with Crippen molar-refractivity contribution in [3.05, 3.63) is 29.6 Å². The van der Waals surface area contributed by atoms with Gasteiger partial charge in [-0.1, -0.05) is 6.07 Å². The van der Waals surface area contributed by atoms with Gasteiger partial charge in [0.15, 0.2) is 0 Å². The molecule has 0 spiro atoms. The fraction of sp³-hybridized carbons (Fsp3) is 0.333. The van der Waals surface area contributed by atoms with Gasteiger partial charge in [0.25, 0.3) is 0 Å². The Morgan fingerprint density at radius 2 is 1.89 bits per heavy atom. The van der Waals surface area contributed by atoms with E-state index in [0.717, 1.165) is 6.07 Å². The summed E-state index contributed by atoms with van der Waals surface area (Å²) in [5.74, 6) is -2.37. The minimum absolute atomic E-state index is 0.0171. The standard InChI is InChI=1S/C12H15FN2O3/c1-14(2)10(16)7-15(3)9-6-4-5-8(13)11(9)12(17)18/h4-6H,7H2,1-3H3,(H,17,18). The lowest BCUT2D eigenvalue weighted by molar-refractivity contribution is -0.127. The highest BCUT2D eigenvalue weighted by Gasteiger charge is 2.19. The van der Waals surface area contributed by atoms with Gasteiger partial charge < -0.3 is 14.9 Å². The van der Waals surface area contributed by atoms with E-state index in [-0.39, 0.29) is 18.1 Å². The van der Waals surface area contributed by atoms with E-state index in [4.69, 9.17) is 5.11 Å². The van der Waals surface area contributed by atoms with E-state index in [1.807, 2.05) is 0 Å². The zero-order valence-corrected chi connectivity index (χ0v) is 10.5. The number of amides is 1. The maximum Gasteiger partial charge on any atom is 0.340 e. The van der Waals surface area contributed by atoms with Gasteiger partial charge in [-0.25, -0.2) is 9.18 Å². The first kappa shape index (κ1) is 14.0. The van der Waals surface area contributed by atoms with Crippen LogP contribution >= 0.6 is 0 Å². The fourth-order valence-corrected chi connectivity index (χ4v) is 1.47. The molecule has 0 saturated heterocycles. The van der Waals surface area contributed by atoms with Gasteiger partial charge in [-0.3, -0.25) is 4.79 Å². The van der Waals surface area contributed by atoms with Crippen molar-refractivity contribution in [1.82, 2.24) is 4.90 Å². The average Bonchev–Trinajstić information content (AvgIpc) is 2.27. The minimum atomic E-state index is -1.35. The molecule has 1 aromatic rings. The van der Waals surface area contributed by atoms with Gasteiger partial charge in [-0.05, 0) is 12.1 Å². The van der Waals surface area contributed by atoms with E-state index in [2.05, 4.69) is 0 Å². The van der Waals surface area contributed by atoms with Gasteiger partial charge in [-0.15, -0.1) is 0 Å². The summed E-state index contributed by atoms with van der Waals surface area (Å²) < 4.78 is 13.5. The van der Waals surface area contributed by atoms with Crippen molar-refractivity contribution in [1.29, 1.82) is 0 Å². The molecule has 0 radical (unpaired) electrons. The lowest BCUT2D eigenvalue weighted by Crippen LogP contribution is -2.35. The highest BCUT2D eigenvalue weighted by Crippen LogP contribution is 2.22. The molecule has 0 aliphatic heterocycles. The summed E-state index contributed by atoms with van der Waals surface area (Å²) in [5, 5.41) is 8.98. The molecule has 0 aliphatic carbocycles. The largest absolute Gasteiger partial charge is 0.478 e. The number of nitrogens with zero attached hydrogens (tertiary/aromatic N) is 2. The zero-order valence-electron chi connectivity index (χ0n) is 10.5. The fourth-order valence-electron chi connectivity index (χ4n) is 1.47. The number of hydrogen-bond donors (Lipinski definition) is 1. The smallest absolute Gasteiger partial charge is 0.340 e. The van der Waals surface area contributed by atoms with E-state index in [1.54, 1.807) is 21.1 Å². The van der Waals surface area contributed by atoms with E-state index >= 15 is 0 Å². The molecule has 0 unspecified atom stereocenters. The summed E-state index contributed by atoms with van der Waals surface area (Å²) in [4.78, 5) is 25.3. The maximum absolute atomic E-state index is 13.5. The molecule has 5 nitrogen and oxygen atoms in total. The van der Waals surface area contributed by atoms with E-state index < -0.39 is 17.3 Å². The molecule has 98 valence electrons. The van der Waals surface area contributed by atoms with Gasteiger partial charge in [0.05, 0.1) is 12.2 Å². The van der Waals surface area contributed by atoms with Crippen LogP contribution in [0.15, 0.2) is 18.2 Å². The average molecular weight is 254 g/mol. The summed E-state index contributed by atoms with van der Waals surface area (Å²) in [5.41, 5.74) is -0.246. The highest BCUT2D eigenvalue weighted by atomic mass is 19.1. The monoisotopic (exact) mass is 254 g/mol. The molecule has 0 saturated carbocycles. The number of carbonyl (C=O) groups is 2.